The fraction of sp³-hybridized carbons (Fsp3) is 0.462. The number of benzene rings is 1. The fourth-order valence-corrected chi connectivity index (χ4v) is 2.32. The van der Waals surface area contributed by atoms with Crippen LogP contribution in [0.3, 0.4) is 0 Å². The summed E-state index contributed by atoms with van der Waals surface area (Å²) in [5.74, 6) is -0.613. The number of carbonyl (C=O) groups is 1. The number of rotatable bonds is 4. The molecule has 1 aliphatic heterocycles. The van der Waals surface area contributed by atoms with E-state index in [4.69, 9.17) is 14.6 Å². The molecule has 1 aliphatic rings. The molecular weight excluding hydrogens is 300 g/mol. The fourth-order valence-electron chi connectivity index (χ4n) is 1.98. The van der Waals surface area contributed by atoms with E-state index in [-0.39, 0.29) is 17.8 Å². The van der Waals surface area contributed by atoms with Crippen molar-refractivity contribution < 1.29 is 19.4 Å². The number of hydrogen-bond acceptors (Lipinski definition) is 3. The van der Waals surface area contributed by atoms with Gasteiger partial charge in [-0.25, -0.2) is 4.79 Å². The summed E-state index contributed by atoms with van der Waals surface area (Å²) in [6, 6.07) is 4.88. The maximum atomic E-state index is 11.1. The molecule has 0 bridgehead atoms. The molecule has 0 aliphatic carbocycles. The van der Waals surface area contributed by atoms with Crippen molar-refractivity contribution >= 4 is 21.9 Å². The van der Waals surface area contributed by atoms with Gasteiger partial charge in [-0.3, -0.25) is 0 Å². The molecule has 1 saturated heterocycles. The second-order valence-corrected chi connectivity index (χ2v) is 5.32. The highest BCUT2D eigenvalue weighted by atomic mass is 79.9. The summed E-state index contributed by atoms with van der Waals surface area (Å²) >= 11 is 3.30. The molecule has 2 atom stereocenters. The summed E-state index contributed by atoms with van der Waals surface area (Å²) in [7, 11) is 0. The Labute approximate surface area is 114 Å². The molecule has 0 spiro atoms. The smallest absolute Gasteiger partial charge is 0.339 e. The Balaban J connectivity index is 2.04. The van der Waals surface area contributed by atoms with Gasteiger partial charge in [0.1, 0.15) is 17.9 Å². The van der Waals surface area contributed by atoms with Crippen molar-refractivity contribution in [3.8, 4) is 5.75 Å². The van der Waals surface area contributed by atoms with Crippen molar-refractivity contribution in [1.82, 2.24) is 0 Å². The van der Waals surface area contributed by atoms with Gasteiger partial charge in [0.2, 0.25) is 0 Å². The van der Waals surface area contributed by atoms with Crippen molar-refractivity contribution in [2.24, 2.45) is 0 Å². The zero-order chi connectivity index (χ0) is 13.1. The SMILES string of the molecule is CC1CCC(COc2cc(Br)ccc2C(=O)O)O1. The van der Waals surface area contributed by atoms with Gasteiger partial charge < -0.3 is 14.6 Å². The van der Waals surface area contributed by atoms with Crippen molar-refractivity contribution in [3.05, 3.63) is 28.2 Å². The average molecular weight is 315 g/mol. The van der Waals surface area contributed by atoms with Crippen LogP contribution in [0.5, 0.6) is 5.75 Å². The second-order valence-electron chi connectivity index (χ2n) is 4.40. The largest absolute Gasteiger partial charge is 0.490 e. The van der Waals surface area contributed by atoms with Crippen LogP contribution in [0, 0.1) is 0 Å². The lowest BCUT2D eigenvalue weighted by Gasteiger charge is -2.14. The molecule has 1 fully saturated rings. The molecule has 4 nitrogen and oxygen atoms in total. The highest BCUT2D eigenvalue weighted by Crippen LogP contribution is 2.26. The van der Waals surface area contributed by atoms with Crippen LogP contribution in [0.4, 0.5) is 0 Å². The Bertz CT molecular complexity index is 447. The minimum Gasteiger partial charge on any atom is -0.490 e. The van der Waals surface area contributed by atoms with E-state index in [1.54, 1.807) is 12.1 Å². The zero-order valence-electron chi connectivity index (χ0n) is 10.1. The highest BCUT2D eigenvalue weighted by molar-refractivity contribution is 9.10. The first-order valence-corrected chi connectivity index (χ1v) is 6.66. The number of aromatic carboxylic acids is 1. The van der Waals surface area contributed by atoms with E-state index >= 15 is 0 Å². The molecular formula is C13H15BrO4. The Morgan fingerprint density at radius 3 is 2.94 bits per heavy atom. The van der Waals surface area contributed by atoms with Crippen LogP contribution in [0.25, 0.3) is 0 Å². The Morgan fingerprint density at radius 1 is 1.56 bits per heavy atom. The van der Waals surface area contributed by atoms with Gasteiger partial charge in [0.15, 0.2) is 0 Å². The minimum atomic E-state index is -0.988. The molecule has 0 radical (unpaired) electrons. The molecule has 18 heavy (non-hydrogen) atoms. The maximum absolute atomic E-state index is 11.1. The van der Waals surface area contributed by atoms with E-state index in [0.29, 0.717) is 12.4 Å². The molecule has 1 aromatic rings. The van der Waals surface area contributed by atoms with Crippen LogP contribution in [0.15, 0.2) is 22.7 Å². The van der Waals surface area contributed by atoms with Gasteiger partial charge in [0.05, 0.1) is 12.2 Å². The third-order valence-electron chi connectivity index (χ3n) is 2.92. The minimum absolute atomic E-state index is 0.0561. The molecule has 98 valence electrons. The lowest BCUT2D eigenvalue weighted by molar-refractivity contribution is 0.0259. The monoisotopic (exact) mass is 314 g/mol. The van der Waals surface area contributed by atoms with E-state index in [9.17, 15) is 4.79 Å². The Morgan fingerprint density at radius 2 is 2.33 bits per heavy atom. The van der Waals surface area contributed by atoms with Gasteiger partial charge >= 0.3 is 5.97 Å². The lowest BCUT2D eigenvalue weighted by Crippen LogP contribution is -2.18. The third kappa shape index (κ3) is 3.23. The number of carboxylic acid groups (broad SMARTS) is 1. The summed E-state index contributed by atoms with van der Waals surface area (Å²) in [6.45, 7) is 2.42. The third-order valence-corrected chi connectivity index (χ3v) is 3.41. The van der Waals surface area contributed by atoms with E-state index in [1.807, 2.05) is 6.92 Å². The van der Waals surface area contributed by atoms with Crippen LogP contribution in [-0.2, 0) is 4.74 Å². The predicted molar refractivity (Wildman–Crippen MR) is 70.2 cm³/mol. The quantitative estimate of drug-likeness (QED) is 0.927. The van der Waals surface area contributed by atoms with E-state index in [2.05, 4.69) is 15.9 Å². The van der Waals surface area contributed by atoms with Gasteiger partial charge in [-0.2, -0.15) is 0 Å². The van der Waals surface area contributed by atoms with Crippen LogP contribution < -0.4 is 4.74 Å². The first-order valence-electron chi connectivity index (χ1n) is 5.87. The normalized spacial score (nSPS) is 23.0. The molecule has 0 amide bonds. The van der Waals surface area contributed by atoms with Gasteiger partial charge in [-0.05, 0) is 38.0 Å². The number of hydrogen-bond donors (Lipinski definition) is 1. The number of carboxylic acids is 1. The first-order chi connectivity index (χ1) is 8.56. The Kier molecular flexibility index (Phi) is 4.24. The lowest BCUT2D eigenvalue weighted by atomic mass is 10.2. The van der Waals surface area contributed by atoms with E-state index < -0.39 is 5.97 Å². The molecule has 2 rings (SSSR count). The van der Waals surface area contributed by atoms with Gasteiger partial charge in [-0.15, -0.1) is 0 Å². The van der Waals surface area contributed by atoms with Crippen molar-refractivity contribution in [2.75, 3.05) is 6.61 Å². The summed E-state index contributed by atoms with van der Waals surface area (Å²) in [4.78, 5) is 11.1. The summed E-state index contributed by atoms with van der Waals surface area (Å²) in [5.41, 5.74) is 0.171. The van der Waals surface area contributed by atoms with Crippen LogP contribution in [0.1, 0.15) is 30.1 Å². The topological polar surface area (TPSA) is 55.8 Å². The molecule has 5 heteroatoms. The van der Waals surface area contributed by atoms with E-state index in [1.165, 1.54) is 6.07 Å². The van der Waals surface area contributed by atoms with Gasteiger partial charge in [0, 0.05) is 4.47 Å². The summed E-state index contributed by atoms with van der Waals surface area (Å²) in [5, 5.41) is 9.06. The highest BCUT2D eigenvalue weighted by Gasteiger charge is 2.23. The number of halogens is 1. The Hall–Kier alpha value is -1.07. The standard InChI is InChI=1S/C13H15BrO4/c1-8-2-4-10(18-8)7-17-12-6-9(14)3-5-11(12)13(15)16/h3,5-6,8,10H,2,4,7H2,1H3,(H,15,16). The van der Waals surface area contributed by atoms with Gasteiger partial charge in [-0.1, -0.05) is 15.9 Å². The maximum Gasteiger partial charge on any atom is 0.339 e. The second kappa shape index (κ2) is 5.71. The average Bonchev–Trinajstić information content (AvgIpc) is 2.72. The molecule has 0 aromatic heterocycles. The van der Waals surface area contributed by atoms with Crippen LogP contribution >= 0.6 is 15.9 Å². The molecule has 1 N–H and O–H groups in total. The molecule has 2 unspecified atom stereocenters. The first kappa shape index (κ1) is 13.4. The predicted octanol–water partition coefficient (Wildman–Crippen LogP) is 3.09. The van der Waals surface area contributed by atoms with Crippen LogP contribution in [0.2, 0.25) is 0 Å². The number of ether oxygens (including phenoxy) is 2. The van der Waals surface area contributed by atoms with Gasteiger partial charge in [0.25, 0.3) is 0 Å². The van der Waals surface area contributed by atoms with E-state index in [0.717, 1.165) is 17.3 Å². The summed E-state index contributed by atoms with van der Waals surface area (Å²) in [6.07, 6.45) is 2.30. The summed E-state index contributed by atoms with van der Waals surface area (Å²) < 4.78 is 12.0. The molecule has 1 heterocycles. The van der Waals surface area contributed by atoms with Crippen LogP contribution in [-0.4, -0.2) is 29.9 Å². The molecule has 1 aromatic carbocycles. The molecule has 0 saturated carbocycles. The zero-order valence-corrected chi connectivity index (χ0v) is 11.6. The van der Waals surface area contributed by atoms with Crippen molar-refractivity contribution in [2.45, 2.75) is 32.0 Å². The van der Waals surface area contributed by atoms with Crippen molar-refractivity contribution in [1.29, 1.82) is 0 Å². The van der Waals surface area contributed by atoms with Crippen molar-refractivity contribution in [3.63, 3.8) is 0 Å².